The Bertz CT molecular complexity index is 536. The number of amides is 1. The number of hydrogen-bond acceptors (Lipinski definition) is 5. The van der Waals surface area contributed by atoms with Crippen molar-refractivity contribution < 1.29 is 23.8 Å². The number of rotatable bonds is 8. The zero-order valence-electron chi connectivity index (χ0n) is 14.4. The molecule has 0 unspecified atom stereocenters. The van der Waals surface area contributed by atoms with E-state index >= 15 is 0 Å². The molecule has 0 bridgehead atoms. The van der Waals surface area contributed by atoms with Gasteiger partial charge in [-0.05, 0) is 37.5 Å². The summed E-state index contributed by atoms with van der Waals surface area (Å²) >= 11 is 0. The van der Waals surface area contributed by atoms with Gasteiger partial charge < -0.3 is 19.5 Å². The van der Waals surface area contributed by atoms with Crippen LogP contribution in [0.5, 0.6) is 11.5 Å². The minimum Gasteiger partial charge on any atom is -0.497 e. The molecule has 0 aliphatic rings. The number of ether oxygens (including phenoxy) is 3. The first-order valence-corrected chi connectivity index (χ1v) is 7.50. The molecule has 6 nitrogen and oxygen atoms in total. The van der Waals surface area contributed by atoms with Crippen LogP contribution in [0.15, 0.2) is 18.2 Å². The molecule has 128 valence electrons. The van der Waals surface area contributed by atoms with Crippen LogP contribution in [0.1, 0.15) is 32.3 Å². The molecule has 0 fully saturated rings. The van der Waals surface area contributed by atoms with Crippen molar-refractivity contribution in [1.29, 1.82) is 0 Å². The third kappa shape index (κ3) is 5.16. The summed E-state index contributed by atoms with van der Waals surface area (Å²) in [5.41, 5.74) is -0.0784. The molecule has 0 heterocycles. The van der Waals surface area contributed by atoms with E-state index in [2.05, 4.69) is 5.32 Å². The van der Waals surface area contributed by atoms with Crippen LogP contribution >= 0.6 is 0 Å². The maximum Gasteiger partial charge on any atom is 0.331 e. The van der Waals surface area contributed by atoms with Crippen LogP contribution in [0, 0.1) is 0 Å². The molecule has 0 spiro atoms. The van der Waals surface area contributed by atoms with Gasteiger partial charge in [-0.25, -0.2) is 4.79 Å². The summed E-state index contributed by atoms with van der Waals surface area (Å²) in [7, 11) is 4.47. The molecule has 0 saturated heterocycles. The monoisotopic (exact) mass is 323 g/mol. The van der Waals surface area contributed by atoms with Crippen LogP contribution < -0.4 is 14.8 Å². The van der Waals surface area contributed by atoms with Gasteiger partial charge in [-0.2, -0.15) is 0 Å². The predicted molar refractivity (Wildman–Crippen MR) is 86.7 cm³/mol. The molecule has 0 radical (unpaired) electrons. The highest BCUT2D eigenvalue weighted by atomic mass is 16.5. The zero-order chi connectivity index (χ0) is 17.5. The average Bonchev–Trinajstić information content (AvgIpc) is 2.58. The van der Waals surface area contributed by atoms with Crippen LogP contribution in [0.25, 0.3) is 0 Å². The minimum atomic E-state index is -1.00. The lowest BCUT2D eigenvalue weighted by molar-refractivity contribution is -0.150. The Morgan fingerprint density at radius 1 is 1.09 bits per heavy atom. The maximum atomic E-state index is 12.1. The second kappa shape index (κ2) is 8.41. The molecule has 23 heavy (non-hydrogen) atoms. The van der Waals surface area contributed by atoms with Crippen LogP contribution in [-0.2, 0) is 20.7 Å². The number of aryl methyl sites for hydroxylation is 1. The molecular weight excluding hydrogens is 298 g/mol. The minimum absolute atomic E-state index is 0.207. The smallest absolute Gasteiger partial charge is 0.331 e. The Hall–Kier alpha value is -2.24. The SMILES string of the molecule is CC[C@](C)(NC(=O)CCc1cc(OC)cc(OC)c1)C(=O)OC. The van der Waals surface area contributed by atoms with Crippen molar-refractivity contribution in [2.75, 3.05) is 21.3 Å². The summed E-state index contributed by atoms with van der Waals surface area (Å²) < 4.78 is 15.2. The van der Waals surface area contributed by atoms with Gasteiger partial charge in [-0.15, -0.1) is 0 Å². The summed E-state index contributed by atoms with van der Waals surface area (Å²) in [6.07, 6.45) is 1.22. The van der Waals surface area contributed by atoms with Crippen molar-refractivity contribution in [1.82, 2.24) is 5.32 Å². The highest BCUT2D eigenvalue weighted by molar-refractivity contribution is 5.87. The van der Waals surface area contributed by atoms with Crippen molar-refractivity contribution >= 4 is 11.9 Å². The van der Waals surface area contributed by atoms with E-state index in [-0.39, 0.29) is 12.3 Å². The summed E-state index contributed by atoms with van der Waals surface area (Å²) in [6, 6.07) is 5.49. The molecule has 1 atom stereocenters. The molecule has 6 heteroatoms. The van der Waals surface area contributed by atoms with Crippen molar-refractivity contribution in [2.24, 2.45) is 0 Å². The Morgan fingerprint density at radius 3 is 2.09 bits per heavy atom. The molecule has 1 amide bonds. The molecule has 0 aliphatic heterocycles. The third-order valence-corrected chi connectivity index (χ3v) is 3.81. The average molecular weight is 323 g/mol. The lowest BCUT2D eigenvalue weighted by Crippen LogP contribution is -2.52. The molecule has 1 aromatic rings. The van der Waals surface area contributed by atoms with E-state index in [1.165, 1.54) is 7.11 Å². The summed E-state index contributed by atoms with van der Waals surface area (Å²) in [6.45, 7) is 3.48. The normalized spacial score (nSPS) is 12.9. The second-order valence-corrected chi connectivity index (χ2v) is 5.45. The predicted octanol–water partition coefficient (Wildman–Crippen LogP) is 2.09. The Balaban J connectivity index is 2.71. The zero-order valence-corrected chi connectivity index (χ0v) is 14.4. The molecule has 1 rings (SSSR count). The number of hydrogen-bond donors (Lipinski definition) is 1. The van der Waals surface area contributed by atoms with E-state index in [1.54, 1.807) is 27.2 Å². The number of esters is 1. The Labute approximate surface area is 137 Å². The molecule has 1 N–H and O–H groups in total. The first-order valence-electron chi connectivity index (χ1n) is 7.50. The number of nitrogens with one attached hydrogen (secondary N) is 1. The van der Waals surface area contributed by atoms with E-state index < -0.39 is 11.5 Å². The highest BCUT2D eigenvalue weighted by Gasteiger charge is 2.33. The van der Waals surface area contributed by atoms with Gasteiger partial charge in [0.05, 0.1) is 21.3 Å². The van der Waals surface area contributed by atoms with Gasteiger partial charge in [0.25, 0.3) is 0 Å². The van der Waals surface area contributed by atoms with Gasteiger partial charge >= 0.3 is 5.97 Å². The van der Waals surface area contributed by atoms with E-state index in [9.17, 15) is 9.59 Å². The van der Waals surface area contributed by atoms with Gasteiger partial charge in [0.2, 0.25) is 5.91 Å². The largest absolute Gasteiger partial charge is 0.497 e. The fourth-order valence-corrected chi connectivity index (χ4v) is 2.15. The van der Waals surface area contributed by atoms with Crippen molar-refractivity contribution in [2.45, 2.75) is 38.6 Å². The van der Waals surface area contributed by atoms with Crippen LogP contribution in [0.2, 0.25) is 0 Å². The number of carbonyl (C=O) groups is 2. The van der Waals surface area contributed by atoms with Gasteiger partial charge in [-0.3, -0.25) is 4.79 Å². The Morgan fingerprint density at radius 2 is 1.65 bits per heavy atom. The summed E-state index contributed by atoms with van der Waals surface area (Å²) in [4.78, 5) is 23.9. The van der Waals surface area contributed by atoms with Crippen LogP contribution in [-0.4, -0.2) is 38.7 Å². The standard InChI is InChI=1S/C17H25NO5/c1-6-17(2,16(20)23-5)18-15(19)8-7-12-9-13(21-3)11-14(10-12)22-4/h9-11H,6-8H2,1-5H3,(H,18,19)/t17-/m0/s1. The third-order valence-electron chi connectivity index (χ3n) is 3.81. The lowest BCUT2D eigenvalue weighted by Gasteiger charge is -2.26. The van der Waals surface area contributed by atoms with Gasteiger partial charge in [0.1, 0.15) is 17.0 Å². The van der Waals surface area contributed by atoms with Crippen molar-refractivity contribution in [3.05, 3.63) is 23.8 Å². The van der Waals surface area contributed by atoms with E-state index in [0.717, 1.165) is 5.56 Å². The Kier molecular flexibility index (Phi) is 6.88. The molecule has 0 aliphatic carbocycles. The highest BCUT2D eigenvalue weighted by Crippen LogP contribution is 2.23. The van der Waals surface area contributed by atoms with E-state index in [4.69, 9.17) is 14.2 Å². The number of methoxy groups -OCH3 is 3. The second-order valence-electron chi connectivity index (χ2n) is 5.45. The first kappa shape index (κ1) is 18.8. The van der Waals surface area contributed by atoms with Gasteiger partial charge in [-0.1, -0.05) is 6.92 Å². The topological polar surface area (TPSA) is 73.9 Å². The fourth-order valence-electron chi connectivity index (χ4n) is 2.15. The molecular formula is C17H25NO5. The first-order chi connectivity index (χ1) is 10.9. The van der Waals surface area contributed by atoms with E-state index in [0.29, 0.717) is 24.3 Å². The van der Waals surface area contributed by atoms with E-state index in [1.807, 2.05) is 19.1 Å². The molecule has 0 aromatic heterocycles. The lowest BCUT2D eigenvalue weighted by atomic mass is 9.98. The summed E-state index contributed by atoms with van der Waals surface area (Å²) in [5, 5.41) is 2.75. The quantitative estimate of drug-likeness (QED) is 0.742. The van der Waals surface area contributed by atoms with Gasteiger partial charge in [0.15, 0.2) is 0 Å². The summed E-state index contributed by atoms with van der Waals surface area (Å²) in [5.74, 6) is 0.693. The van der Waals surface area contributed by atoms with Crippen molar-refractivity contribution in [3.8, 4) is 11.5 Å². The van der Waals surface area contributed by atoms with Crippen LogP contribution in [0.3, 0.4) is 0 Å². The van der Waals surface area contributed by atoms with Gasteiger partial charge in [0, 0.05) is 12.5 Å². The fraction of sp³-hybridized carbons (Fsp3) is 0.529. The van der Waals surface area contributed by atoms with Crippen LogP contribution in [0.4, 0.5) is 0 Å². The maximum absolute atomic E-state index is 12.1. The number of carbonyl (C=O) groups excluding carboxylic acids is 2. The molecule has 0 saturated carbocycles. The van der Waals surface area contributed by atoms with Crippen molar-refractivity contribution in [3.63, 3.8) is 0 Å². The molecule has 1 aromatic carbocycles. The number of benzene rings is 1.